The molecule has 49 heavy (non-hydrogen) atoms. The first-order valence-corrected chi connectivity index (χ1v) is 16.6. The molecule has 0 bridgehead atoms. The predicted molar refractivity (Wildman–Crippen MR) is 203 cm³/mol. The van der Waals surface area contributed by atoms with Crippen LogP contribution < -0.4 is 38.2 Å². The van der Waals surface area contributed by atoms with Crippen LogP contribution in [-0.2, 0) is 0 Å². The first-order valence-electron chi connectivity index (χ1n) is 16.6. The lowest BCUT2D eigenvalue weighted by atomic mass is 10.1. The first kappa shape index (κ1) is 38.2. The van der Waals surface area contributed by atoms with Gasteiger partial charge in [-0.2, -0.15) is 0 Å². The average Bonchev–Trinajstić information content (AvgIpc) is 3.15. The van der Waals surface area contributed by atoms with E-state index in [2.05, 4.69) is 80.3 Å². The predicted octanol–water partition coefficient (Wildman–Crippen LogP) is 10.9. The van der Waals surface area contributed by atoms with Crippen LogP contribution in [0.15, 0.2) is 96.7 Å². The monoisotopic (exact) mass is 668 g/mol. The van der Waals surface area contributed by atoms with Crippen molar-refractivity contribution < 1.29 is 28.4 Å². The van der Waals surface area contributed by atoms with E-state index in [1.165, 1.54) is 5.56 Å². The second-order valence-electron chi connectivity index (χ2n) is 10.6. The molecule has 0 saturated heterocycles. The molecule has 0 spiro atoms. The van der Waals surface area contributed by atoms with Gasteiger partial charge in [-0.1, -0.05) is 63.6 Å². The Hall–Kier alpha value is -5.24. The Balaban J connectivity index is 0.00000319. The lowest BCUT2D eigenvalue weighted by Gasteiger charge is -2.32. The fraction of sp³-hybridized carbons (Fsp3) is 0.317. The minimum absolute atomic E-state index is 0.527. The van der Waals surface area contributed by atoms with Crippen LogP contribution in [0.4, 0.5) is 28.4 Å². The van der Waals surface area contributed by atoms with E-state index in [-0.39, 0.29) is 0 Å². The molecule has 4 aromatic rings. The molecule has 0 unspecified atom stereocenters. The highest BCUT2D eigenvalue weighted by molar-refractivity contribution is 5.91. The van der Waals surface area contributed by atoms with Gasteiger partial charge in [0.2, 0.25) is 0 Å². The minimum atomic E-state index is 0.527. The number of ether oxygens (including phenoxy) is 6. The van der Waals surface area contributed by atoms with Crippen LogP contribution in [0.2, 0.25) is 0 Å². The van der Waals surface area contributed by atoms with Crippen LogP contribution in [0.25, 0.3) is 0 Å². The summed E-state index contributed by atoms with van der Waals surface area (Å²) in [5.41, 5.74) is 6.32. The molecule has 8 heteroatoms. The second kappa shape index (κ2) is 18.9. The standard InChI is InChI=1S/C39H46N2O6.C2H6/c1-10-12-15-28(14-11-2)40(29-20-18-27(3)19-21-29)30-16-13-17-31(22-30)41(38-34(44-6)23-32(42-4)24-35(38)45-7)39-36(46-8)25-33(43-5)26-37(39)47-9;1-2/h12-26H,10-11H2,1-9H3;1-2H3/b15-12-,28-14+;. The molecule has 4 rings (SSSR count). The van der Waals surface area contributed by atoms with Crippen LogP contribution >= 0.6 is 0 Å². The Kier molecular flexibility index (Phi) is 14.8. The summed E-state index contributed by atoms with van der Waals surface area (Å²) in [4.78, 5) is 4.29. The number of hydrogen-bond acceptors (Lipinski definition) is 8. The van der Waals surface area contributed by atoms with Crippen LogP contribution in [-0.4, -0.2) is 42.7 Å². The Morgan fingerprint density at radius 2 is 1.04 bits per heavy atom. The smallest absolute Gasteiger partial charge is 0.150 e. The number of nitrogens with zero attached hydrogens (tertiary/aromatic N) is 2. The van der Waals surface area contributed by atoms with Gasteiger partial charge < -0.3 is 33.3 Å². The van der Waals surface area contributed by atoms with Crippen LogP contribution in [0.5, 0.6) is 34.5 Å². The Bertz CT molecular complexity index is 1580. The zero-order valence-electron chi connectivity index (χ0n) is 30.9. The number of allylic oxidation sites excluding steroid dienone is 3. The molecule has 0 atom stereocenters. The number of rotatable bonds is 15. The van der Waals surface area contributed by atoms with Crippen molar-refractivity contribution >= 4 is 28.4 Å². The fourth-order valence-corrected chi connectivity index (χ4v) is 5.38. The number of anilines is 5. The molecule has 0 amide bonds. The Morgan fingerprint density at radius 1 is 0.571 bits per heavy atom. The lowest BCUT2D eigenvalue weighted by molar-refractivity contribution is 0.373. The van der Waals surface area contributed by atoms with Crippen molar-refractivity contribution in [2.24, 2.45) is 0 Å². The average molecular weight is 669 g/mol. The van der Waals surface area contributed by atoms with Gasteiger partial charge in [-0.05, 0) is 56.2 Å². The Labute approximate surface area is 293 Å². The summed E-state index contributed by atoms with van der Waals surface area (Å²) >= 11 is 0. The molecule has 262 valence electrons. The van der Waals surface area contributed by atoms with Crippen molar-refractivity contribution in [2.45, 2.75) is 47.5 Å². The van der Waals surface area contributed by atoms with Gasteiger partial charge in [0.05, 0.1) is 42.7 Å². The molecule has 8 nitrogen and oxygen atoms in total. The number of benzene rings is 4. The van der Waals surface area contributed by atoms with E-state index in [9.17, 15) is 0 Å². The van der Waals surface area contributed by atoms with Crippen molar-refractivity contribution in [3.05, 3.63) is 102 Å². The molecule has 0 aromatic heterocycles. The van der Waals surface area contributed by atoms with Crippen LogP contribution in [0.1, 0.15) is 46.1 Å². The van der Waals surface area contributed by atoms with Crippen molar-refractivity contribution in [2.75, 3.05) is 52.5 Å². The molecule has 0 heterocycles. The molecular weight excluding hydrogens is 616 g/mol. The van der Waals surface area contributed by atoms with E-state index in [1.54, 1.807) is 42.7 Å². The van der Waals surface area contributed by atoms with Gasteiger partial charge in [0.1, 0.15) is 45.9 Å². The maximum atomic E-state index is 5.98. The highest BCUT2D eigenvalue weighted by Crippen LogP contribution is 2.54. The molecule has 0 aliphatic carbocycles. The summed E-state index contributed by atoms with van der Waals surface area (Å²) < 4.78 is 35.1. The van der Waals surface area contributed by atoms with Gasteiger partial charge in [-0.25, -0.2) is 0 Å². The fourth-order valence-electron chi connectivity index (χ4n) is 5.38. The van der Waals surface area contributed by atoms with Crippen molar-refractivity contribution in [3.8, 4) is 34.5 Å². The molecule has 0 N–H and O–H groups in total. The van der Waals surface area contributed by atoms with Gasteiger partial charge in [-0.3, -0.25) is 4.90 Å². The molecule has 4 aromatic carbocycles. The zero-order valence-corrected chi connectivity index (χ0v) is 30.9. The summed E-state index contributed by atoms with van der Waals surface area (Å²) in [6.45, 7) is 10.4. The van der Waals surface area contributed by atoms with Crippen molar-refractivity contribution in [3.63, 3.8) is 0 Å². The molecule has 0 radical (unpaired) electrons. The summed E-state index contributed by atoms with van der Waals surface area (Å²) in [7, 11) is 9.70. The number of methoxy groups -OCH3 is 6. The number of aryl methyl sites for hydroxylation is 1. The van der Waals surface area contributed by atoms with Gasteiger partial charge in [0.15, 0.2) is 0 Å². The van der Waals surface area contributed by atoms with Crippen molar-refractivity contribution in [1.82, 2.24) is 0 Å². The third-order valence-corrected chi connectivity index (χ3v) is 7.66. The molecule has 0 aliphatic heterocycles. The number of hydrogen-bond donors (Lipinski definition) is 0. The minimum Gasteiger partial charge on any atom is -0.496 e. The van der Waals surface area contributed by atoms with E-state index < -0.39 is 0 Å². The van der Waals surface area contributed by atoms with Crippen LogP contribution in [0.3, 0.4) is 0 Å². The molecule has 0 saturated carbocycles. The van der Waals surface area contributed by atoms with E-state index >= 15 is 0 Å². The van der Waals surface area contributed by atoms with E-state index in [0.717, 1.165) is 35.6 Å². The van der Waals surface area contributed by atoms with Gasteiger partial charge >= 0.3 is 0 Å². The highest BCUT2D eigenvalue weighted by atomic mass is 16.5. The maximum absolute atomic E-state index is 5.98. The SMILES string of the molecule is CC.CC/C=C\C(=C/CC)N(c1ccc(C)cc1)c1cccc(N(c2c(OC)cc(OC)cc2OC)c2c(OC)cc(OC)cc2OC)c1. The van der Waals surface area contributed by atoms with Gasteiger partial charge in [0.25, 0.3) is 0 Å². The van der Waals surface area contributed by atoms with E-state index in [1.807, 2.05) is 55.1 Å². The topological polar surface area (TPSA) is 61.9 Å². The summed E-state index contributed by atoms with van der Waals surface area (Å²) in [6.07, 6.45) is 8.39. The molecule has 0 fully saturated rings. The molecular formula is C41H52N2O6. The lowest BCUT2D eigenvalue weighted by Crippen LogP contribution is -2.18. The highest BCUT2D eigenvalue weighted by Gasteiger charge is 2.29. The normalized spacial score (nSPS) is 11.0. The molecule has 0 aliphatic rings. The van der Waals surface area contributed by atoms with Gasteiger partial charge in [-0.15, -0.1) is 0 Å². The third-order valence-electron chi connectivity index (χ3n) is 7.66. The third kappa shape index (κ3) is 8.82. The summed E-state index contributed by atoms with van der Waals surface area (Å²) in [5, 5.41) is 0. The first-order chi connectivity index (χ1) is 23.9. The second-order valence-corrected chi connectivity index (χ2v) is 10.6. The van der Waals surface area contributed by atoms with Crippen LogP contribution in [0, 0.1) is 6.92 Å². The van der Waals surface area contributed by atoms with E-state index in [4.69, 9.17) is 28.4 Å². The largest absolute Gasteiger partial charge is 0.496 e. The zero-order chi connectivity index (χ0) is 35.9. The maximum Gasteiger partial charge on any atom is 0.150 e. The van der Waals surface area contributed by atoms with E-state index in [0.29, 0.717) is 45.9 Å². The Morgan fingerprint density at radius 3 is 1.45 bits per heavy atom. The quantitative estimate of drug-likeness (QED) is 0.116. The summed E-state index contributed by atoms with van der Waals surface area (Å²) in [5.74, 6) is 3.29. The van der Waals surface area contributed by atoms with Gasteiger partial charge in [0, 0.05) is 47.0 Å². The van der Waals surface area contributed by atoms with Crippen molar-refractivity contribution in [1.29, 1.82) is 0 Å². The summed E-state index contributed by atoms with van der Waals surface area (Å²) in [6, 6.07) is 24.2.